The Morgan fingerprint density at radius 2 is 1.40 bits per heavy atom. The van der Waals surface area contributed by atoms with Crippen molar-refractivity contribution in [3.63, 3.8) is 0 Å². The van der Waals surface area contributed by atoms with Gasteiger partial charge in [0.15, 0.2) is 0 Å². The van der Waals surface area contributed by atoms with Crippen LogP contribution in [0, 0.1) is 0 Å². The summed E-state index contributed by atoms with van der Waals surface area (Å²) in [5, 5.41) is 10.9. The largest absolute Gasteiger partial charge is 0.396 e. The highest BCUT2D eigenvalue weighted by Crippen LogP contribution is 2.40. The van der Waals surface area contributed by atoms with Crippen LogP contribution in [0.4, 0.5) is 0 Å². The minimum Gasteiger partial charge on any atom is -0.396 e. The fraction of sp³-hybridized carbons (Fsp3) is 0.130. The molecule has 0 aliphatic rings. The Kier molecular flexibility index (Phi) is 4.36. The van der Waals surface area contributed by atoms with Crippen molar-refractivity contribution >= 4 is 10.9 Å². The van der Waals surface area contributed by atoms with E-state index >= 15 is 0 Å². The number of aromatic nitrogens is 1. The number of hydrogen-bond acceptors (Lipinski definition) is 1. The van der Waals surface area contributed by atoms with Gasteiger partial charge in [0.05, 0.1) is 5.69 Å². The van der Waals surface area contributed by atoms with Crippen LogP contribution in [0.1, 0.15) is 23.5 Å². The second-order valence-corrected chi connectivity index (χ2v) is 6.30. The van der Waals surface area contributed by atoms with Crippen LogP contribution in [0.2, 0.25) is 0 Å². The van der Waals surface area contributed by atoms with E-state index in [1.54, 1.807) is 0 Å². The van der Waals surface area contributed by atoms with Crippen LogP contribution in [0.15, 0.2) is 84.9 Å². The van der Waals surface area contributed by atoms with Gasteiger partial charge >= 0.3 is 0 Å². The molecule has 0 saturated heterocycles. The van der Waals surface area contributed by atoms with Gasteiger partial charge in [-0.2, -0.15) is 0 Å². The molecule has 3 aromatic carbocycles. The van der Waals surface area contributed by atoms with E-state index < -0.39 is 0 Å². The summed E-state index contributed by atoms with van der Waals surface area (Å²) in [5.41, 5.74) is 5.95. The lowest BCUT2D eigenvalue weighted by molar-refractivity contribution is 0.282. The molecule has 25 heavy (non-hydrogen) atoms. The van der Waals surface area contributed by atoms with Crippen LogP contribution >= 0.6 is 0 Å². The van der Waals surface area contributed by atoms with Crippen LogP contribution in [0.5, 0.6) is 0 Å². The average molecular weight is 327 g/mol. The molecule has 0 aliphatic heterocycles. The van der Waals surface area contributed by atoms with Gasteiger partial charge in [0.2, 0.25) is 0 Å². The van der Waals surface area contributed by atoms with Gasteiger partial charge in [0.25, 0.3) is 0 Å². The van der Waals surface area contributed by atoms with E-state index in [-0.39, 0.29) is 12.5 Å². The highest BCUT2D eigenvalue weighted by atomic mass is 16.3. The lowest BCUT2D eigenvalue weighted by atomic mass is 9.85. The number of aliphatic hydroxyl groups is 1. The highest BCUT2D eigenvalue weighted by molar-refractivity contribution is 5.92. The topological polar surface area (TPSA) is 36.0 Å². The molecular weight excluding hydrogens is 306 g/mol. The number of aromatic amines is 1. The number of rotatable bonds is 5. The number of H-pyrrole nitrogens is 1. The molecule has 124 valence electrons. The third-order valence-corrected chi connectivity index (χ3v) is 4.78. The average Bonchev–Trinajstić information content (AvgIpc) is 3.07. The van der Waals surface area contributed by atoms with Gasteiger partial charge in [-0.1, -0.05) is 78.9 Å². The van der Waals surface area contributed by atoms with E-state index in [2.05, 4.69) is 77.8 Å². The molecule has 1 aromatic heterocycles. The first-order valence-electron chi connectivity index (χ1n) is 8.70. The highest BCUT2D eigenvalue weighted by Gasteiger charge is 2.22. The van der Waals surface area contributed by atoms with Crippen LogP contribution < -0.4 is 0 Å². The third-order valence-electron chi connectivity index (χ3n) is 4.78. The molecule has 0 fully saturated rings. The molecule has 4 aromatic rings. The van der Waals surface area contributed by atoms with Crippen molar-refractivity contribution in [2.75, 3.05) is 6.61 Å². The third kappa shape index (κ3) is 2.97. The summed E-state index contributed by atoms with van der Waals surface area (Å²) in [7, 11) is 0. The smallest absolute Gasteiger partial charge is 0.0503 e. The maximum atomic E-state index is 9.72. The Bertz CT molecular complexity index is 957. The molecule has 0 amide bonds. The maximum Gasteiger partial charge on any atom is 0.0503 e. The Hall–Kier alpha value is -2.84. The number of hydrogen-bond donors (Lipinski definition) is 2. The molecule has 0 unspecified atom stereocenters. The Morgan fingerprint density at radius 1 is 0.760 bits per heavy atom. The molecule has 1 atom stereocenters. The van der Waals surface area contributed by atoms with Crippen molar-refractivity contribution < 1.29 is 5.11 Å². The van der Waals surface area contributed by atoms with Gasteiger partial charge in [-0.15, -0.1) is 0 Å². The Balaban J connectivity index is 1.98. The van der Waals surface area contributed by atoms with E-state index in [1.165, 1.54) is 22.1 Å². The molecule has 2 nitrogen and oxygen atoms in total. The molecule has 0 radical (unpaired) electrons. The standard InChI is InChI=1S/C23H21NO/c25-16-15-19(17-9-3-1-4-10-17)22-20-13-7-8-14-21(20)24-23(22)18-11-5-2-6-12-18/h1-14,19,24-25H,15-16H2/t19-/m1/s1. The van der Waals surface area contributed by atoms with Crippen molar-refractivity contribution in [1.29, 1.82) is 0 Å². The first-order valence-corrected chi connectivity index (χ1v) is 8.70. The first kappa shape index (κ1) is 15.7. The van der Waals surface area contributed by atoms with E-state index in [1.807, 2.05) is 12.1 Å². The number of fused-ring (bicyclic) bond motifs is 1. The number of benzene rings is 3. The molecule has 4 rings (SSSR count). The summed E-state index contributed by atoms with van der Waals surface area (Å²) in [4.78, 5) is 3.61. The SMILES string of the molecule is OCC[C@H](c1ccccc1)c1c(-c2ccccc2)[nH]c2ccccc12. The monoisotopic (exact) mass is 327 g/mol. The first-order chi connectivity index (χ1) is 12.4. The van der Waals surface area contributed by atoms with Gasteiger partial charge in [0.1, 0.15) is 0 Å². The second kappa shape index (κ2) is 6.96. The second-order valence-electron chi connectivity index (χ2n) is 6.30. The quantitative estimate of drug-likeness (QED) is 0.509. The van der Waals surface area contributed by atoms with Crippen LogP contribution in [0.25, 0.3) is 22.2 Å². The molecule has 1 heterocycles. The number of aliphatic hydroxyl groups excluding tert-OH is 1. The predicted octanol–water partition coefficient (Wildman–Crippen LogP) is 5.35. The van der Waals surface area contributed by atoms with Crippen molar-refractivity contribution in [3.8, 4) is 11.3 Å². The zero-order chi connectivity index (χ0) is 17.1. The molecular formula is C23H21NO. The molecule has 0 spiro atoms. The summed E-state index contributed by atoms with van der Waals surface area (Å²) < 4.78 is 0. The summed E-state index contributed by atoms with van der Waals surface area (Å²) in [5.74, 6) is 0.151. The fourth-order valence-corrected chi connectivity index (χ4v) is 3.65. The zero-order valence-corrected chi connectivity index (χ0v) is 14.0. The summed E-state index contributed by atoms with van der Waals surface area (Å²) >= 11 is 0. The Morgan fingerprint density at radius 3 is 2.12 bits per heavy atom. The normalized spacial score (nSPS) is 12.4. The van der Waals surface area contributed by atoms with Gasteiger partial charge in [0, 0.05) is 23.4 Å². The van der Waals surface area contributed by atoms with Crippen LogP contribution in [-0.2, 0) is 0 Å². The lowest BCUT2D eigenvalue weighted by Crippen LogP contribution is -2.04. The minimum absolute atomic E-state index is 0.151. The van der Waals surface area contributed by atoms with E-state index in [0.717, 1.165) is 11.2 Å². The summed E-state index contributed by atoms with van der Waals surface area (Å²) in [6.45, 7) is 0.160. The predicted molar refractivity (Wildman–Crippen MR) is 104 cm³/mol. The molecule has 2 heteroatoms. The van der Waals surface area contributed by atoms with Gasteiger partial charge < -0.3 is 10.1 Å². The van der Waals surface area contributed by atoms with Crippen LogP contribution in [-0.4, -0.2) is 16.7 Å². The molecule has 0 aliphatic carbocycles. The van der Waals surface area contributed by atoms with Crippen LogP contribution in [0.3, 0.4) is 0 Å². The lowest BCUT2D eigenvalue weighted by Gasteiger charge is -2.18. The number of para-hydroxylation sites is 1. The van der Waals surface area contributed by atoms with Gasteiger partial charge in [-0.25, -0.2) is 0 Å². The fourth-order valence-electron chi connectivity index (χ4n) is 3.65. The van der Waals surface area contributed by atoms with Crippen molar-refractivity contribution in [2.24, 2.45) is 0 Å². The summed E-state index contributed by atoms with van der Waals surface area (Å²) in [6.07, 6.45) is 0.700. The number of nitrogens with one attached hydrogen (secondary N) is 1. The Labute approximate surface area is 147 Å². The molecule has 0 bridgehead atoms. The van der Waals surface area contributed by atoms with Crippen molar-refractivity contribution in [1.82, 2.24) is 4.98 Å². The van der Waals surface area contributed by atoms with Crippen molar-refractivity contribution in [3.05, 3.63) is 96.1 Å². The summed E-state index contributed by atoms with van der Waals surface area (Å²) in [6, 6.07) is 29.3. The maximum absolute atomic E-state index is 9.72. The molecule has 2 N–H and O–H groups in total. The zero-order valence-electron chi connectivity index (χ0n) is 14.0. The van der Waals surface area contributed by atoms with Crippen molar-refractivity contribution in [2.45, 2.75) is 12.3 Å². The van der Waals surface area contributed by atoms with Gasteiger partial charge in [-0.05, 0) is 29.2 Å². The molecule has 0 saturated carbocycles. The van der Waals surface area contributed by atoms with E-state index in [0.29, 0.717) is 6.42 Å². The minimum atomic E-state index is 0.151. The van der Waals surface area contributed by atoms with Gasteiger partial charge in [-0.3, -0.25) is 0 Å². The van der Waals surface area contributed by atoms with E-state index in [4.69, 9.17) is 0 Å². The van der Waals surface area contributed by atoms with E-state index in [9.17, 15) is 5.11 Å².